The SMILES string of the molecule is CC(=O)c1cc2ccccc2n1S(=O)(=O)c1ccccc1. The van der Waals surface area contributed by atoms with E-state index in [0.717, 1.165) is 9.36 Å². The number of Topliss-reactive ketones (excluding diaryl/α,β-unsaturated/α-hetero) is 1. The number of benzene rings is 2. The van der Waals surface area contributed by atoms with Crippen molar-refractivity contribution < 1.29 is 13.2 Å². The molecule has 0 bridgehead atoms. The Balaban J connectivity index is 2.39. The Hall–Kier alpha value is -2.40. The lowest BCUT2D eigenvalue weighted by Crippen LogP contribution is -2.17. The summed E-state index contributed by atoms with van der Waals surface area (Å²) in [5, 5.41) is 0.724. The summed E-state index contributed by atoms with van der Waals surface area (Å²) >= 11 is 0. The average molecular weight is 299 g/mol. The molecule has 1 aromatic heterocycles. The molecule has 4 nitrogen and oxygen atoms in total. The third-order valence-corrected chi connectivity index (χ3v) is 5.05. The van der Waals surface area contributed by atoms with E-state index in [0.29, 0.717) is 5.52 Å². The highest BCUT2D eigenvalue weighted by Crippen LogP contribution is 2.25. The minimum atomic E-state index is -3.80. The molecule has 0 spiro atoms. The van der Waals surface area contributed by atoms with Gasteiger partial charge >= 0.3 is 0 Å². The van der Waals surface area contributed by atoms with Crippen LogP contribution in [0.4, 0.5) is 0 Å². The molecule has 2 aromatic carbocycles. The molecular weight excluding hydrogens is 286 g/mol. The maximum Gasteiger partial charge on any atom is 0.268 e. The van der Waals surface area contributed by atoms with E-state index >= 15 is 0 Å². The zero-order valence-corrected chi connectivity index (χ0v) is 12.2. The van der Waals surface area contributed by atoms with Gasteiger partial charge in [-0.3, -0.25) is 4.79 Å². The second-order valence-electron chi connectivity index (χ2n) is 4.73. The quantitative estimate of drug-likeness (QED) is 0.698. The van der Waals surface area contributed by atoms with Gasteiger partial charge in [0.25, 0.3) is 10.0 Å². The summed E-state index contributed by atoms with van der Waals surface area (Å²) in [7, 11) is -3.80. The smallest absolute Gasteiger partial charge is 0.268 e. The number of carbonyl (C=O) groups is 1. The van der Waals surface area contributed by atoms with Crippen molar-refractivity contribution >= 4 is 26.7 Å². The lowest BCUT2D eigenvalue weighted by molar-refractivity contribution is 0.101. The van der Waals surface area contributed by atoms with Crippen molar-refractivity contribution in [1.82, 2.24) is 3.97 Å². The molecule has 0 N–H and O–H groups in total. The molecule has 0 atom stereocenters. The number of rotatable bonds is 3. The molecule has 5 heteroatoms. The number of para-hydroxylation sites is 1. The van der Waals surface area contributed by atoms with Crippen LogP contribution in [-0.4, -0.2) is 18.2 Å². The van der Waals surface area contributed by atoms with Gasteiger partial charge in [0.15, 0.2) is 5.78 Å². The fraction of sp³-hybridized carbons (Fsp3) is 0.0625. The van der Waals surface area contributed by atoms with E-state index in [-0.39, 0.29) is 16.4 Å². The monoisotopic (exact) mass is 299 g/mol. The predicted molar refractivity (Wildman–Crippen MR) is 81.0 cm³/mol. The van der Waals surface area contributed by atoms with E-state index < -0.39 is 10.0 Å². The van der Waals surface area contributed by atoms with Gasteiger partial charge in [0.2, 0.25) is 0 Å². The van der Waals surface area contributed by atoms with E-state index in [1.54, 1.807) is 42.5 Å². The van der Waals surface area contributed by atoms with Crippen LogP contribution in [0, 0.1) is 0 Å². The van der Waals surface area contributed by atoms with Crippen LogP contribution >= 0.6 is 0 Å². The molecule has 3 rings (SSSR count). The van der Waals surface area contributed by atoms with Crippen LogP contribution in [0.1, 0.15) is 17.4 Å². The van der Waals surface area contributed by atoms with Crippen LogP contribution in [0.2, 0.25) is 0 Å². The normalized spacial score (nSPS) is 11.7. The van der Waals surface area contributed by atoms with Crippen LogP contribution in [0.15, 0.2) is 65.6 Å². The van der Waals surface area contributed by atoms with Gasteiger partial charge in [-0.2, -0.15) is 0 Å². The summed E-state index contributed by atoms with van der Waals surface area (Å²) in [4.78, 5) is 12.0. The summed E-state index contributed by atoms with van der Waals surface area (Å²) in [6, 6.07) is 16.8. The maximum absolute atomic E-state index is 12.8. The molecule has 0 aliphatic carbocycles. The lowest BCUT2D eigenvalue weighted by atomic mass is 10.2. The minimum absolute atomic E-state index is 0.161. The fourth-order valence-corrected chi connectivity index (χ4v) is 3.91. The van der Waals surface area contributed by atoms with Crippen molar-refractivity contribution in [2.75, 3.05) is 0 Å². The molecule has 0 saturated heterocycles. The second-order valence-corrected chi connectivity index (χ2v) is 6.51. The molecule has 0 aliphatic heterocycles. The second kappa shape index (κ2) is 4.86. The number of carbonyl (C=O) groups excluding carboxylic acids is 1. The van der Waals surface area contributed by atoms with E-state index in [1.807, 2.05) is 6.07 Å². The summed E-state index contributed by atoms with van der Waals surface area (Å²) in [6.45, 7) is 1.37. The lowest BCUT2D eigenvalue weighted by Gasteiger charge is -2.10. The van der Waals surface area contributed by atoms with Gasteiger partial charge in [0, 0.05) is 12.3 Å². The first-order chi connectivity index (χ1) is 10.0. The van der Waals surface area contributed by atoms with Crippen LogP contribution in [0.25, 0.3) is 10.9 Å². The van der Waals surface area contributed by atoms with Crippen molar-refractivity contribution in [1.29, 1.82) is 0 Å². The van der Waals surface area contributed by atoms with E-state index in [2.05, 4.69) is 0 Å². The summed E-state index contributed by atoms with van der Waals surface area (Å²) in [6.07, 6.45) is 0. The first-order valence-corrected chi connectivity index (χ1v) is 7.88. The number of aromatic nitrogens is 1. The molecule has 0 aliphatic rings. The largest absolute Gasteiger partial charge is 0.293 e. The van der Waals surface area contributed by atoms with Crippen LogP contribution in [0.3, 0.4) is 0 Å². The predicted octanol–water partition coefficient (Wildman–Crippen LogP) is 3.08. The molecular formula is C16H13NO3S. The molecule has 106 valence electrons. The van der Waals surface area contributed by atoms with Gasteiger partial charge in [-0.05, 0) is 24.3 Å². The van der Waals surface area contributed by atoms with Gasteiger partial charge in [0.05, 0.1) is 10.4 Å². The summed E-state index contributed by atoms with van der Waals surface area (Å²) < 4.78 is 26.8. The zero-order chi connectivity index (χ0) is 15.0. The van der Waals surface area contributed by atoms with Crippen molar-refractivity contribution in [3.05, 3.63) is 66.4 Å². The van der Waals surface area contributed by atoms with E-state index in [4.69, 9.17) is 0 Å². The average Bonchev–Trinajstić information content (AvgIpc) is 2.88. The standard InChI is InChI=1S/C16H13NO3S/c1-12(18)16-11-13-7-5-6-10-15(13)17(16)21(19,20)14-8-3-2-4-9-14/h2-11H,1H3. The number of hydrogen-bond donors (Lipinski definition) is 0. The van der Waals surface area contributed by atoms with Crippen LogP contribution in [-0.2, 0) is 10.0 Å². The maximum atomic E-state index is 12.8. The first-order valence-electron chi connectivity index (χ1n) is 6.44. The van der Waals surface area contributed by atoms with Crippen molar-refractivity contribution in [3.8, 4) is 0 Å². The van der Waals surface area contributed by atoms with E-state index in [9.17, 15) is 13.2 Å². The van der Waals surface area contributed by atoms with Crippen LogP contribution < -0.4 is 0 Å². The number of hydrogen-bond acceptors (Lipinski definition) is 3. The van der Waals surface area contributed by atoms with Crippen molar-refractivity contribution in [2.45, 2.75) is 11.8 Å². The summed E-state index contributed by atoms with van der Waals surface area (Å²) in [5.41, 5.74) is 0.673. The Morgan fingerprint density at radius 3 is 2.24 bits per heavy atom. The van der Waals surface area contributed by atoms with Crippen molar-refractivity contribution in [3.63, 3.8) is 0 Å². The van der Waals surface area contributed by atoms with Crippen molar-refractivity contribution in [2.24, 2.45) is 0 Å². The fourth-order valence-electron chi connectivity index (χ4n) is 2.33. The third-order valence-electron chi connectivity index (χ3n) is 3.31. The Bertz CT molecular complexity index is 925. The number of fused-ring (bicyclic) bond motifs is 1. The molecule has 0 unspecified atom stereocenters. The molecule has 21 heavy (non-hydrogen) atoms. The van der Waals surface area contributed by atoms with Crippen LogP contribution in [0.5, 0.6) is 0 Å². The highest BCUT2D eigenvalue weighted by atomic mass is 32.2. The highest BCUT2D eigenvalue weighted by Gasteiger charge is 2.24. The molecule has 0 radical (unpaired) electrons. The Kier molecular flexibility index (Phi) is 3.14. The topological polar surface area (TPSA) is 56.1 Å². The Labute approximate surface area is 122 Å². The molecule has 0 fully saturated rings. The van der Waals surface area contributed by atoms with Gasteiger partial charge in [-0.15, -0.1) is 0 Å². The number of nitrogens with zero attached hydrogens (tertiary/aromatic N) is 1. The van der Waals surface area contributed by atoms with E-state index in [1.165, 1.54) is 19.1 Å². The van der Waals surface area contributed by atoms with Gasteiger partial charge in [0.1, 0.15) is 5.69 Å². The molecule has 1 heterocycles. The Morgan fingerprint density at radius 2 is 1.57 bits per heavy atom. The van der Waals surface area contributed by atoms with Gasteiger partial charge in [-0.25, -0.2) is 12.4 Å². The third kappa shape index (κ3) is 2.15. The van der Waals surface area contributed by atoms with Gasteiger partial charge < -0.3 is 0 Å². The minimum Gasteiger partial charge on any atom is -0.293 e. The molecule has 0 saturated carbocycles. The number of ketones is 1. The summed E-state index contributed by atoms with van der Waals surface area (Å²) in [5.74, 6) is -0.286. The Morgan fingerprint density at radius 1 is 0.952 bits per heavy atom. The highest BCUT2D eigenvalue weighted by molar-refractivity contribution is 7.90. The van der Waals surface area contributed by atoms with Gasteiger partial charge in [-0.1, -0.05) is 36.4 Å². The molecule has 3 aromatic rings. The zero-order valence-electron chi connectivity index (χ0n) is 11.4. The molecule has 0 amide bonds. The first kappa shape index (κ1) is 13.6.